The molecule has 6 nitrogen and oxygen atoms in total. The van der Waals surface area contributed by atoms with Gasteiger partial charge in [-0.25, -0.2) is 14.5 Å². The molecule has 23 heavy (non-hydrogen) atoms. The van der Waals surface area contributed by atoms with Crippen LogP contribution < -0.4 is 0 Å². The number of carbonyl (C=O) groups excluding carboxylic acids is 2. The van der Waals surface area contributed by atoms with Gasteiger partial charge in [-0.3, -0.25) is 4.89 Å². The highest BCUT2D eigenvalue weighted by molar-refractivity contribution is 5.88. The molecule has 0 unspecified atom stereocenters. The number of ether oxygens (including phenoxy) is 1. The molecule has 0 saturated heterocycles. The summed E-state index contributed by atoms with van der Waals surface area (Å²) in [6.45, 7) is 2.08. The van der Waals surface area contributed by atoms with Crippen molar-refractivity contribution in [3.8, 4) is 0 Å². The molecule has 0 heterocycles. The molecular formula is C17H22O6. The lowest BCUT2D eigenvalue weighted by molar-refractivity contribution is -0.453. The number of hydrogen-bond acceptors (Lipinski definition) is 6. The van der Waals surface area contributed by atoms with E-state index in [-0.39, 0.29) is 6.10 Å². The molecule has 2 rings (SSSR count). The second-order valence-electron chi connectivity index (χ2n) is 5.60. The van der Waals surface area contributed by atoms with E-state index in [1.807, 2.05) is 12.1 Å². The van der Waals surface area contributed by atoms with Gasteiger partial charge in [0.2, 0.25) is 0 Å². The molecule has 0 radical (unpaired) electrons. The number of carbonyl (C=O) groups is 2. The Morgan fingerprint density at radius 1 is 1.04 bits per heavy atom. The van der Waals surface area contributed by atoms with E-state index in [0.717, 1.165) is 50.5 Å². The standard InChI is InChI=1S/C17H22O6/c1-2-6-13-9-11-14(12-10-13)16(18)21-23-22-17(19)20-15-7-4-3-5-8-15/h9-12,15H,2-8H2,1H3. The number of hydrogen-bond donors (Lipinski definition) is 0. The smallest absolute Gasteiger partial charge is 0.429 e. The lowest BCUT2D eigenvalue weighted by Gasteiger charge is -2.20. The minimum absolute atomic E-state index is 0.151. The highest BCUT2D eigenvalue weighted by Gasteiger charge is 2.20. The Morgan fingerprint density at radius 2 is 1.74 bits per heavy atom. The van der Waals surface area contributed by atoms with Crippen LogP contribution in [0.3, 0.4) is 0 Å². The Morgan fingerprint density at radius 3 is 2.39 bits per heavy atom. The van der Waals surface area contributed by atoms with Crippen molar-refractivity contribution < 1.29 is 29.1 Å². The highest BCUT2D eigenvalue weighted by atomic mass is 17.5. The van der Waals surface area contributed by atoms with E-state index in [4.69, 9.17) is 4.74 Å². The fourth-order valence-electron chi connectivity index (χ4n) is 2.56. The molecule has 0 amide bonds. The summed E-state index contributed by atoms with van der Waals surface area (Å²) in [6.07, 6.45) is 5.68. The van der Waals surface area contributed by atoms with Crippen LogP contribution in [0.4, 0.5) is 4.79 Å². The molecule has 1 aromatic rings. The quantitative estimate of drug-likeness (QED) is 0.445. The van der Waals surface area contributed by atoms with Gasteiger partial charge in [0.15, 0.2) is 0 Å². The summed E-state index contributed by atoms with van der Waals surface area (Å²) in [5.41, 5.74) is 1.45. The summed E-state index contributed by atoms with van der Waals surface area (Å²) in [6, 6.07) is 6.96. The summed E-state index contributed by atoms with van der Waals surface area (Å²) in [7, 11) is 0. The van der Waals surface area contributed by atoms with Gasteiger partial charge in [0, 0.05) is 0 Å². The first-order valence-electron chi connectivity index (χ1n) is 8.04. The van der Waals surface area contributed by atoms with Crippen LogP contribution in [0.25, 0.3) is 0 Å². The van der Waals surface area contributed by atoms with Crippen molar-refractivity contribution in [2.75, 3.05) is 0 Å². The molecule has 0 bridgehead atoms. The van der Waals surface area contributed by atoms with E-state index in [2.05, 4.69) is 21.7 Å². The normalized spacial score (nSPS) is 15.0. The first-order chi connectivity index (χ1) is 11.2. The Bertz CT molecular complexity index is 504. The van der Waals surface area contributed by atoms with Crippen molar-refractivity contribution in [3.05, 3.63) is 35.4 Å². The van der Waals surface area contributed by atoms with Gasteiger partial charge in [-0.1, -0.05) is 31.9 Å². The average molecular weight is 322 g/mol. The molecular weight excluding hydrogens is 300 g/mol. The second-order valence-corrected chi connectivity index (χ2v) is 5.60. The first kappa shape index (κ1) is 17.3. The van der Waals surface area contributed by atoms with Crippen molar-refractivity contribution in [1.82, 2.24) is 0 Å². The van der Waals surface area contributed by atoms with E-state index < -0.39 is 12.1 Å². The fraction of sp³-hybridized carbons (Fsp3) is 0.529. The maximum absolute atomic E-state index is 11.7. The molecule has 6 heteroatoms. The van der Waals surface area contributed by atoms with Crippen LogP contribution in [0.15, 0.2) is 24.3 Å². The minimum atomic E-state index is -0.997. The van der Waals surface area contributed by atoms with E-state index >= 15 is 0 Å². The third-order valence-electron chi connectivity index (χ3n) is 3.76. The van der Waals surface area contributed by atoms with Crippen LogP contribution in [0.5, 0.6) is 0 Å². The van der Waals surface area contributed by atoms with Crippen LogP contribution in [0, 0.1) is 0 Å². The monoisotopic (exact) mass is 322 g/mol. The van der Waals surface area contributed by atoms with E-state index in [9.17, 15) is 9.59 Å². The Kier molecular flexibility index (Phi) is 6.87. The molecule has 1 aromatic carbocycles. The Hall–Kier alpha value is -2.08. The number of aryl methyl sites for hydroxylation is 1. The van der Waals surface area contributed by atoms with Gasteiger partial charge < -0.3 is 4.74 Å². The number of rotatable bonds is 6. The average Bonchev–Trinajstić information content (AvgIpc) is 2.56. The second kappa shape index (κ2) is 9.15. The molecule has 1 aliphatic carbocycles. The van der Waals surface area contributed by atoms with E-state index in [0.29, 0.717) is 5.56 Å². The number of benzene rings is 1. The largest absolute Gasteiger partial charge is 0.543 e. The van der Waals surface area contributed by atoms with Crippen molar-refractivity contribution in [2.45, 2.75) is 58.0 Å². The van der Waals surface area contributed by atoms with Crippen molar-refractivity contribution in [2.24, 2.45) is 0 Å². The van der Waals surface area contributed by atoms with Crippen LogP contribution in [0.2, 0.25) is 0 Å². The maximum Gasteiger partial charge on any atom is 0.543 e. The predicted molar refractivity (Wildman–Crippen MR) is 81.4 cm³/mol. The Balaban J connectivity index is 1.68. The van der Waals surface area contributed by atoms with Crippen LogP contribution in [-0.2, 0) is 26.0 Å². The van der Waals surface area contributed by atoms with Crippen molar-refractivity contribution in [3.63, 3.8) is 0 Å². The van der Waals surface area contributed by atoms with Gasteiger partial charge in [0.25, 0.3) is 0 Å². The zero-order chi connectivity index (χ0) is 16.5. The van der Waals surface area contributed by atoms with E-state index in [1.54, 1.807) is 12.1 Å². The zero-order valence-electron chi connectivity index (χ0n) is 13.3. The zero-order valence-corrected chi connectivity index (χ0v) is 13.3. The lowest BCUT2D eigenvalue weighted by Crippen LogP contribution is -2.22. The molecule has 0 spiro atoms. The van der Waals surface area contributed by atoms with Gasteiger partial charge >= 0.3 is 12.1 Å². The fourth-order valence-corrected chi connectivity index (χ4v) is 2.56. The van der Waals surface area contributed by atoms with Crippen molar-refractivity contribution in [1.29, 1.82) is 0 Å². The summed E-state index contributed by atoms with van der Waals surface area (Å²) in [4.78, 5) is 31.8. The molecule has 1 saturated carbocycles. The molecule has 1 fully saturated rings. The topological polar surface area (TPSA) is 71.1 Å². The molecule has 0 atom stereocenters. The minimum Gasteiger partial charge on any atom is -0.429 e. The van der Waals surface area contributed by atoms with Gasteiger partial charge in [-0.2, -0.15) is 0 Å². The van der Waals surface area contributed by atoms with Gasteiger partial charge in [-0.15, -0.1) is 0 Å². The SMILES string of the molecule is CCCc1ccc(C(=O)OOOC(=O)OC2CCCCC2)cc1. The summed E-state index contributed by atoms with van der Waals surface area (Å²) in [5.74, 6) is -0.737. The first-order valence-corrected chi connectivity index (χ1v) is 8.04. The molecule has 0 aliphatic heterocycles. The van der Waals surface area contributed by atoms with Crippen LogP contribution in [0.1, 0.15) is 61.4 Å². The summed E-state index contributed by atoms with van der Waals surface area (Å²) in [5, 5.41) is 4.21. The maximum atomic E-state index is 11.7. The van der Waals surface area contributed by atoms with Crippen LogP contribution in [-0.4, -0.2) is 18.2 Å². The van der Waals surface area contributed by atoms with Crippen molar-refractivity contribution >= 4 is 12.1 Å². The third-order valence-corrected chi connectivity index (χ3v) is 3.76. The lowest BCUT2D eigenvalue weighted by atomic mass is 9.98. The Labute approximate surface area is 135 Å². The van der Waals surface area contributed by atoms with Gasteiger partial charge in [0.1, 0.15) is 6.10 Å². The molecule has 126 valence electrons. The molecule has 0 N–H and O–H groups in total. The summed E-state index contributed by atoms with van der Waals surface area (Å²) >= 11 is 0. The van der Waals surface area contributed by atoms with Gasteiger partial charge in [-0.05, 0) is 49.8 Å². The summed E-state index contributed by atoms with van der Waals surface area (Å²) < 4.78 is 5.04. The van der Waals surface area contributed by atoms with Crippen LogP contribution >= 0.6 is 0 Å². The van der Waals surface area contributed by atoms with Gasteiger partial charge in [0.05, 0.1) is 10.6 Å². The third kappa shape index (κ3) is 5.90. The molecule has 1 aliphatic rings. The highest BCUT2D eigenvalue weighted by Crippen LogP contribution is 2.20. The molecule has 0 aromatic heterocycles. The predicted octanol–water partition coefficient (Wildman–Crippen LogP) is 4.13. The van der Waals surface area contributed by atoms with E-state index in [1.165, 1.54) is 0 Å².